The number of hydrogen-bond acceptors (Lipinski definition) is 8. The minimum absolute atomic E-state index is 0.214. The average Bonchev–Trinajstić information content (AvgIpc) is 3.18. The van der Waals surface area contributed by atoms with Crippen LogP contribution in [0.15, 0.2) is 27.5 Å². The number of ether oxygens (including phenoxy) is 5. The summed E-state index contributed by atoms with van der Waals surface area (Å²) < 4.78 is 28.9. The number of halogens is 1. The largest absolute Gasteiger partial charge is 0.493 e. The van der Waals surface area contributed by atoms with Crippen molar-refractivity contribution >= 4 is 33.3 Å². The van der Waals surface area contributed by atoms with E-state index in [0.717, 1.165) is 59.6 Å². The molecule has 0 radical (unpaired) electrons. The summed E-state index contributed by atoms with van der Waals surface area (Å²) in [6.45, 7) is 4.94. The molecule has 2 aromatic rings. The molecule has 1 aliphatic carbocycles. The second-order valence-electron chi connectivity index (χ2n) is 8.99. The van der Waals surface area contributed by atoms with Gasteiger partial charge in [0.15, 0.2) is 22.4 Å². The molecule has 0 amide bonds. The van der Waals surface area contributed by atoms with Crippen molar-refractivity contribution in [2.75, 3.05) is 67.8 Å². The van der Waals surface area contributed by atoms with Crippen molar-refractivity contribution < 1.29 is 23.7 Å². The zero-order valence-electron chi connectivity index (χ0n) is 22.1. The number of benzene rings is 1. The lowest BCUT2D eigenvalue weighted by molar-refractivity contribution is 0.0389. The Morgan fingerprint density at radius 3 is 2.45 bits per heavy atom. The second-order valence-corrected chi connectivity index (χ2v) is 10.2. The summed E-state index contributed by atoms with van der Waals surface area (Å²) in [5, 5.41) is 7.32. The lowest BCUT2D eigenvalue weighted by Crippen LogP contribution is -2.44. The Bertz CT molecular complexity index is 1240. The van der Waals surface area contributed by atoms with Gasteiger partial charge in [-0.3, -0.25) is 9.69 Å². The Balaban J connectivity index is 1.73. The highest BCUT2D eigenvalue weighted by molar-refractivity contribution is 9.10. The zero-order chi connectivity index (χ0) is 27.2. The lowest BCUT2D eigenvalue weighted by atomic mass is 9.95. The smallest absolute Gasteiger partial charge is 0.220 e. The van der Waals surface area contributed by atoms with E-state index in [9.17, 15) is 4.79 Å². The predicted octanol–water partition coefficient (Wildman–Crippen LogP) is 3.29. The Morgan fingerprint density at radius 1 is 1.08 bits per heavy atom. The maximum Gasteiger partial charge on any atom is 0.220 e. The van der Waals surface area contributed by atoms with Crippen LogP contribution >= 0.6 is 28.1 Å². The van der Waals surface area contributed by atoms with Crippen molar-refractivity contribution in [1.29, 1.82) is 0 Å². The Kier molecular flexibility index (Phi) is 9.69. The molecule has 0 spiro atoms. The highest BCUT2D eigenvalue weighted by Crippen LogP contribution is 2.54. The van der Waals surface area contributed by atoms with Crippen molar-refractivity contribution in [3.63, 3.8) is 0 Å². The van der Waals surface area contributed by atoms with Gasteiger partial charge in [-0.05, 0) is 69.8 Å². The normalized spacial score (nSPS) is 16.9. The number of nitrogens with zero attached hydrogens (tertiary/aromatic N) is 1. The van der Waals surface area contributed by atoms with Gasteiger partial charge in [0.05, 0.1) is 52.2 Å². The first kappa shape index (κ1) is 28.4. The SMILES string of the molecule is COc1c(Br)c2c(c(OC)c1OC)-c1ccc(OC)c(=O)cc1[C@@H](NC(=S)NCCN1CCOCC1)CC2. The molecule has 1 atom stereocenters. The molecule has 11 heteroatoms. The molecule has 0 saturated carbocycles. The van der Waals surface area contributed by atoms with Crippen LogP contribution in [0.2, 0.25) is 0 Å². The van der Waals surface area contributed by atoms with Crippen LogP contribution < -0.4 is 35.0 Å². The molecule has 4 rings (SSSR count). The van der Waals surface area contributed by atoms with E-state index < -0.39 is 0 Å². The van der Waals surface area contributed by atoms with Crippen LogP contribution in [0, 0.1) is 0 Å². The van der Waals surface area contributed by atoms with Gasteiger partial charge in [-0.15, -0.1) is 0 Å². The van der Waals surface area contributed by atoms with Gasteiger partial charge in [0, 0.05) is 31.7 Å². The van der Waals surface area contributed by atoms with E-state index in [4.69, 9.17) is 35.9 Å². The van der Waals surface area contributed by atoms with Gasteiger partial charge in [-0.2, -0.15) is 0 Å². The van der Waals surface area contributed by atoms with Crippen molar-refractivity contribution in [2.24, 2.45) is 0 Å². The van der Waals surface area contributed by atoms with Gasteiger partial charge < -0.3 is 34.3 Å². The molecule has 0 unspecified atom stereocenters. The highest BCUT2D eigenvalue weighted by Gasteiger charge is 2.32. The van der Waals surface area contributed by atoms with E-state index >= 15 is 0 Å². The van der Waals surface area contributed by atoms with Crippen molar-refractivity contribution in [1.82, 2.24) is 15.5 Å². The number of hydrogen-bond donors (Lipinski definition) is 2. The number of rotatable bonds is 8. The fraction of sp³-hybridized carbons (Fsp3) is 0.481. The van der Waals surface area contributed by atoms with E-state index in [1.165, 1.54) is 7.11 Å². The van der Waals surface area contributed by atoms with Crippen molar-refractivity contribution in [2.45, 2.75) is 18.9 Å². The summed E-state index contributed by atoms with van der Waals surface area (Å²) in [7, 11) is 6.26. The summed E-state index contributed by atoms with van der Waals surface area (Å²) in [5.41, 5.74) is 3.24. The first-order valence-electron chi connectivity index (χ1n) is 12.5. The van der Waals surface area contributed by atoms with Crippen LogP contribution in [0.4, 0.5) is 0 Å². The van der Waals surface area contributed by atoms with E-state index in [2.05, 4.69) is 31.5 Å². The number of methoxy groups -OCH3 is 4. The van der Waals surface area contributed by atoms with Gasteiger partial charge in [0.25, 0.3) is 0 Å². The minimum Gasteiger partial charge on any atom is -0.493 e. The molecule has 2 aliphatic rings. The molecule has 9 nitrogen and oxygen atoms in total. The fourth-order valence-corrected chi connectivity index (χ4v) is 6.03. The maximum atomic E-state index is 13.1. The van der Waals surface area contributed by atoms with Crippen LogP contribution in [-0.2, 0) is 11.2 Å². The van der Waals surface area contributed by atoms with Crippen LogP contribution in [0.25, 0.3) is 11.1 Å². The molecule has 0 aromatic heterocycles. The van der Waals surface area contributed by atoms with Crippen LogP contribution in [0.5, 0.6) is 23.0 Å². The summed E-state index contributed by atoms with van der Waals surface area (Å²) in [4.78, 5) is 15.4. The van der Waals surface area contributed by atoms with Gasteiger partial charge >= 0.3 is 0 Å². The van der Waals surface area contributed by atoms with Crippen LogP contribution in [-0.4, -0.2) is 77.8 Å². The van der Waals surface area contributed by atoms with E-state index in [1.54, 1.807) is 33.5 Å². The van der Waals surface area contributed by atoms with Crippen LogP contribution in [0.1, 0.15) is 23.6 Å². The number of fused-ring (bicyclic) bond motifs is 3. The molecule has 1 saturated heterocycles. The van der Waals surface area contributed by atoms with E-state index in [-0.39, 0.29) is 17.2 Å². The van der Waals surface area contributed by atoms with E-state index in [0.29, 0.717) is 41.7 Å². The molecule has 1 heterocycles. The standard InChI is InChI=1S/C27H34BrN3O6S/c1-33-21-8-6-16-18(15-20(21)32)19(30-27(38)29-9-10-31-11-13-37-14-12-31)7-5-17-22(16)24(34-2)26(36-4)25(35-3)23(17)28/h6,8,15,19H,5,7,9-14H2,1-4H3,(H2,29,30,38)/t19-/m0/s1. The molecule has 1 fully saturated rings. The number of morpholine rings is 1. The summed E-state index contributed by atoms with van der Waals surface area (Å²) in [6.07, 6.45) is 1.35. The third kappa shape index (κ3) is 5.85. The summed E-state index contributed by atoms with van der Waals surface area (Å²) >= 11 is 9.43. The second kappa shape index (κ2) is 13.0. The molecule has 2 N–H and O–H groups in total. The van der Waals surface area contributed by atoms with Gasteiger partial charge in [0.1, 0.15) is 0 Å². The zero-order valence-corrected chi connectivity index (χ0v) is 24.6. The molecular weight excluding hydrogens is 574 g/mol. The molecule has 0 bridgehead atoms. The predicted molar refractivity (Wildman–Crippen MR) is 154 cm³/mol. The Hall–Kier alpha value is -2.60. The maximum absolute atomic E-state index is 13.1. The Labute approximate surface area is 236 Å². The van der Waals surface area contributed by atoms with Gasteiger partial charge in [0.2, 0.25) is 11.2 Å². The molecule has 38 heavy (non-hydrogen) atoms. The topological polar surface area (TPSA) is 90.5 Å². The average molecular weight is 609 g/mol. The third-order valence-corrected chi connectivity index (χ3v) is 8.03. The van der Waals surface area contributed by atoms with Crippen molar-refractivity contribution in [3.05, 3.63) is 44.0 Å². The molecule has 206 valence electrons. The van der Waals surface area contributed by atoms with Gasteiger partial charge in [-0.1, -0.05) is 6.07 Å². The molecule has 1 aliphatic heterocycles. The number of thiocarbonyl (C=S) groups is 1. The summed E-state index contributed by atoms with van der Waals surface area (Å²) in [5.74, 6) is 1.81. The third-order valence-electron chi connectivity index (χ3n) is 6.93. The lowest BCUT2D eigenvalue weighted by Gasteiger charge is -2.27. The first-order chi connectivity index (χ1) is 18.4. The van der Waals surface area contributed by atoms with Crippen LogP contribution in [0.3, 0.4) is 0 Å². The number of nitrogens with one attached hydrogen (secondary N) is 2. The molecule has 2 aromatic carbocycles. The van der Waals surface area contributed by atoms with Crippen molar-refractivity contribution in [3.8, 4) is 34.1 Å². The summed E-state index contributed by atoms with van der Waals surface area (Å²) in [6, 6.07) is 4.97. The minimum atomic E-state index is -0.237. The molecular formula is C27H34BrN3O6S. The monoisotopic (exact) mass is 607 g/mol. The van der Waals surface area contributed by atoms with Gasteiger partial charge in [-0.25, -0.2) is 0 Å². The first-order valence-corrected chi connectivity index (χ1v) is 13.7. The Morgan fingerprint density at radius 2 is 1.79 bits per heavy atom. The van der Waals surface area contributed by atoms with E-state index in [1.807, 2.05) is 6.07 Å². The fourth-order valence-electron chi connectivity index (χ4n) is 5.05. The highest BCUT2D eigenvalue weighted by atomic mass is 79.9. The quantitative estimate of drug-likeness (QED) is 0.436.